The molecule has 0 aromatic rings. The summed E-state index contributed by atoms with van der Waals surface area (Å²) in [5.74, 6) is -2.09. The van der Waals surface area contributed by atoms with E-state index in [2.05, 4.69) is 0 Å². The van der Waals surface area contributed by atoms with Crippen LogP contribution in [0.2, 0.25) is 0 Å². The van der Waals surface area contributed by atoms with Crippen LogP contribution < -0.4 is 0 Å². The summed E-state index contributed by atoms with van der Waals surface area (Å²) in [7, 11) is 0. The lowest BCUT2D eigenvalue weighted by molar-refractivity contribution is -0.151. The van der Waals surface area contributed by atoms with E-state index in [0.717, 1.165) is 19.3 Å². The summed E-state index contributed by atoms with van der Waals surface area (Å²) in [5, 5.41) is 8.66. The van der Waals surface area contributed by atoms with Gasteiger partial charge >= 0.3 is 11.9 Å². The van der Waals surface area contributed by atoms with Gasteiger partial charge in [0.05, 0.1) is 18.9 Å². The maximum Gasteiger partial charge on any atom is 0.313 e. The van der Waals surface area contributed by atoms with Gasteiger partial charge in [-0.3, -0.25) is 9.59 Å². The topological polar surface area (TPSA) is 63.6 Å². The molecule has 0 fully saturated rings. The van der Waals surface area contributed by atoms with Gasteiger partial charge in [0.2, 0.25) is 0 Å². The molecular weight excluding hydrogens is 208 g/mol. The van der Waals surface area contributed by atoms with Crippen molar-refractivity contribution in [2.75, 3.05) is 6.61 Å². The van der Waals surface area contributed by atoms with E-state index in [1.807, 2.05) is 13.8 Å². The zero-order chi connectivity index (χ0) is 12.4. The van der Waals surface area contributed by atoms with Gasteiger partial charge in [-0.1, -0.05) is 32.4 Å². The molecule has 0 aromatic heterocycles. The van der Waals surface area contributed by atoms with Crippen molar-refractivity contribution in [2.24, 2.45) is 5.92 Å². The quantitative estimate of drug-likeness (QED) is 0.393. The number of carboxylic acids is 1. The maximum atomic E-state index is 11.5. The molecule has 0 aliphatic carbocycles. The molecule has 0 amide bonds. The van der Waals surface area contributed by atoms with Crippen molar-refractivity contribution >= 4 is 11.9 Å². The minimum atomic E-state index is -0.988. The molecule has 16 heavy (non-hydrogen) atoms. The smallest absolute Gasteiger partial charge is 0.313 e. The Morgan fingerprint density at radius 2 is 2.06 bits per heavy atom. The monoisotopic (exact) mass is 228 g/mol. The number of unbranched alkanes of at least 4 members (excludes halogenated alkanes) is 1. The fourth-order valence-electron chi connectivity index (χ4n) is 1.14. The first-order chi connectivity index (χ1) is 7.61. The summed E-state index contributed by atoms with van der Waals surface area (Å²) in [5.41, 5.74) is 0. The molecule has 0 aromatic carbocycles. The van der Waals surface area contributed by atoms with Gasteiger partial charge in [-0.2, -0.15) is 0 Å². The van der Waals surface area contributed by atoms with Crippen molar-refractivity contribution in [3.63, 3.8) is 0 Å². The lowest BCUT2D eigenvalue weighted by Crippen LogP contribution is -2.19. The van der Waals surface area contributed by atoms with Crippen LogP contribution in [0.1, 0.15) is 39.5 Å². The molecule has 0 saturated carbocycles. The van der Waals surface area contributed by atoms with Crippen molar-refractivity contribution in [1.82, 2.24) is 0 Å². The van der Waals surface area contributed by atoms with Gasteiger partial charge in [-0.05, 0) is 12.8 Å². The summed E-state index contributed by atoms with van der Waals surface area (Å²) in [6, 6.07) is 0. The maximum absolute atomic E-state index is 11.5. The van der Waals surface area contributed by atoms with Crippen molar-refractivity contribution in [2.45, 2.75) is 39.5 Å². The summed E-state index contributed by atoms with van der Waals surface area (Å²) < 4.78 is 4.99. The number of hydrogen-bond donors (Lipinski definition) is 1. The summed E-state index contributed by atoms with van der Waals surface area (Å²) in [6.07, 6.45) is 5.72. The Kier molecular flexibility index (Phi) is 8.21. The minimum Gasteiger partial charge on any atom is -0.481 e. The zero-order valence-electron chi connectivity index (χ0n) is 9.94. The van der Waals surface area contributed by atoms with Crippen LogP contribution in [0.4, 0.5) is 0 Å². The summed E-state index contributed by atoms with van der Waals surface area (Å²) in [4.78, 5) is 22.1. The molecule has 0 heterocycles. The fraction of sp³-hybridized carbons (Fsp3) is 0.667. The van der Waals surface area contributed by atoms with Crippen molar-refractivity contribution in [3.8, 4) is 0 Å². The molecule has 1 unspecified atom stereocenters. The Hall–Kier alpha value is -1.32. The highest BCUT2D eigenvalue weighted by atomic mass is 16.5. The number of carbonyl (C=O) groups is 2. The molecule has 4 heteroatoms. The van der Waals surface area contributed by atoms with E-state index in [-0.39, 0.29) is 6.42 Å². The van der Waals surface area contributed by atoms with Crippen molar-refractivity contribution in [3.05, 3.63) is 12.2 Å². The molecule has 0 radical (unpaired) electrons. The number of esters is 1. The lowest BCUT2D eigenvalue weighted by atomic mass is 10.1. The third kappa shape index (κ3) is 7.04. The molecule has 92 valence electrons. The standard InChI is InChI=1S/C12H20O4/c1-3-5-7-10(9-11(13)14)12(15)16-8-6-4-2/h5,7,10H,3-4,6,8-9H2,1-2H3,(H,13,14). The highest BCUT2D eigenvalue weighted by Gasteiger charge is 2.19. The van der Waals surface area contributed by atoms with Crippen LogP contribution in [0.3, 0.4) is 0 Å². The van der Waals surface area contributed by atoms with E-state index in [1.165, 1.54) is 0 Å². The van der Waals surface area contributed by atoms with E-state index in [9.17, 15) is 9.59 Å². The number of hydrogen-bond acceptors (Lipinski definition) is 3. The van der Waals surface area contributed by atoms with Crippen molar-refractivity contribution < 1.29 is 19.4 Å². The number of carboxylic acid groups (broad SMARTS) is 1. The van der Waals surface area contributed by atoms with Crippen LogP contribution in [-0.4, -0.2) is 23.7 Å². The molecule has 0 aliphatic rings. The second-order valence-corrected chi connectivity index (χ2v) is 3.56. The molecule has 0 aliphatic heterocycles. The van der Waals surface area contributed by atoms with Gasteiger partial charge in [-0.25, -0.2) is 0 Å². The lowest BCUT2D eigenvalue weighted by Gasteiger charge is -2.10. The first-order valence-electron chi connectivity index (χ1n) is 5.66. The Balaban J connectivity index is 4.20. The minimum absolute atomic E-state index is 0.207. The Labute approximate surface area is 96.3 Å². The van der Waals surface area contributed by atoms with Gasteiger partial charge in [0.1, 0.15) is 0 Å². The fourth-order valence-corrected chi connectivity index (χ4v) is 1.14. The van der Waals surface area contributed by atoms with Crippen LogP contribution in [0, 0.1) is 5.92 Å². The summed E-state index contributed by atoms with van der Waals surface area (Å²) >= 11 is 0. The largest absolute Gasteiger partial charge is 0.481 e. The third-order valence-electron chi connectivity index (χ3n) is 2.04. The predicted molar refractivity (Wildman–Crippen MR) is 61.0 cm³/mol. The number of ether oxygens (including phenoxy) is 1. The van der Waals surface area contributed by atoms with Crippen LogP contribution in [-0.2, 0) is 14.3 Å². The highest BCUT2D eigenvalue weighted by molar-refractivity contribution is 5.80. The van der Waals surface area contributed by atoms with Crippen LogP contribution in [0.5, 0.6) is 0 Å². The SMILES string of the molecule is CCC=CC(CC(=O)O)C(=O)OCCCC. The van der Waals surface area contributed by atoms with E-state index >= 15 is 0 Å². The first kappa shape index (κ1) is 14.7. The van der Waals surface area contributed by atoms with Crippen LogP contribution >= 0.6 is 0 Å². The molecular formula is C12H20O4. The second kappa shape index (κ2) is 8.95. The molecule has 0 saturated heterocycles. The number of aliphatic carboxylic acids is 1. The average molecular weight is 228 g/mol. The molecule has 1 atom stereocenters. The zero-order valence-corrected chi connectivity index (χ0v) is 9.94. The van der Waals surface area contributed by atoms with Crippen LogP contribution in [0.25, 0.3) is 0 Å². The molecule has 1 N–H and O–H groups in total. The predicted octanol–water partition coefficient (Wildman–Crippen LogP) is 2.39. The Morgan fingerprint density at radius 3 is 2.56 bits per heavy atom. The highest BCUT2D eigenvalue weighted by Crippen LogP contribution is 2.09. The summed E-state index contributed by atoms with van der Waals surface area (Å²) in [6.45, 7) is 4.29. The Morgan fingerprint density at radius 1 is 1.38 bits per heavy atom. The molecule has 4 nitrogen and oxygen atoms in total. The van der Waals surface area contributed by atoms with Gasteiger partial charge in [-0.15, -0.1) is 0 Å². The van der Waals surface area contributed by atoms with Crippen LogP contribution in [0.15, 0.2) is 12.2 Å². The third-order valence-corrected chi connectivity index (χ3v) is 2.04. The second-order valence-electron chi connectivity index (χ2n) is 3.56. The van der Waals surface area contributed by atoms with Crippen molar-refractivity contribution in [1.29, 1.82) is 0 Å². The Bertz CT molecular complexity index is 245. The molecule has 0 spiro atoms. The number of carbonyl (C=O) groups excluding carboxylic acids is 1. The van der Waals surface area contributed by atoms with E-state index in [0.29, 0.717) is 6.61 Å². The van der Waals surface area contributed by atoms with Gasteiger partial charge in [0.15, 0.2) is 0 Å². The van der Waals surface area contributed by atoms with Gasteiger partial charge < -0.3 is 9.84 Å². The average Bonchev–Trinajstić information content (AvgIpc) is 2.23. The molecule has 0 bridgehead atoms. The number of rotatable bonds is 8. The number of allylic oxidation sites excluding steroid dienone is 1. The first-order valence-corrected chi connectivity index (χ1v) is 5.66. The van der Waals surface area contributed by atoms with E-state index in [4.69, 9.17) is 9.84 Å². The van der Waals surface area contributed by atoms with Gasteiger partial charge in [0.25, 0.3) is 0 Å². The van der Waals surface area contributed by atoms with E-state index < -0.39 is 17.9 Å². The van der Waals surface area contributed by atoms with E-state index in [1.54, 1.807) is 12.2 Å². The van der Waals surface area contributed by atoms with Gasteiger partial charge in [0, 0.05) is 0 Å². The normalized spacial score (nSPS) is 12.6. The molecule has 0 rings (SSSR count).